The molecule has 0 radical (unpaired) electrons. The molecule has 0 rings (SSSR count). The summed E-state index contributed by atoms with van der Waals surface area (Å²) < 4.78 is 9.31. The standard InChI is InChI=1S/C9H14O4/c1-5-12-8(10)7(4)9(11)13-6(2)3/h6H,4-5H2,1-3H3. The molecule has 0 saturated carbocycles. The molecule has 0 aromatic heterocycles. The number of hydrogen-bond donors (Lipinski definition) is 0. The lowest BCUT2D eigenvalue weighted by Crippen LogP contribution is -2.20. The molecule has 0 bridgehead atoms. The first-order valence-electron chi connectivity index (χ1n) is 4.06. The third kappa shape index (κ3) is 4.30. The molecule has 0 heterocycles. The summed E-state index contributed by atoms with van der Waals surface area (Å²) in [6, 6.07) is 0. The van der Waals surface area contributed by atoms with Crippen molar-refractivity contribution in [2.24, 2.45) is 0 Å². The molecule has 0 unspecified atom stereocenters. The summed E-state index contributed by atoms with van der Waals surface area (Å²) in [7, 11) is 0. The van der Waals surface area contributed by atoms with E-state index < -0.39 is 11.9 Å². The molecule has 0 aliphatic carbocycles. The number of carbonyl (C=O) groups is 2. The predicted octanol–water partition coefficient (Wildman–Crippen LogP) is 1.06. The third-order valence-corrected chi connectivity index (χ3v) is 1.11. The van der Waals surface area contributed by atoms with E-state index >= 15 is 0 Å². The van der Waals surface area contributed by atoms with Gasteiger partial charge >= 0.3 is 11.9 Å². The Balaban J connectivity index is 4.10. The maximum Gasteiger partial charge on any atom is 0.345 e. The summed E-state index contributed by atoms with van der Waals surface area (Å²) in [6.45, 7) is 8.53. The van der Waals surface area contributed by atoms with Crippen LogP contribution >= 0.6 is 0 Å². The Morgan fingerprint density at radius 2 is 1.85 bits per heavy atom. The third-order valence-electron chi connectivity index (χ3n) is 1.11. The molecule has 0 N–H and O–H groups in total. The van der Waals surface area contributed by atoms with Gasteiger partial charge in [0.2, 0.25) is 0 Å². The molecule has 0 amide bonds. The fourth-order valence-electron chi connectivity index (χ4n) is 0.587. The molecular formula is C9H14O4. The summed E-state index contributed by atoms with van der Waals surface area (Å²) in [6.07, 6.45) is -0.265. The van der Waals surface area contributed by atoms with Gasteiger partial charge in [-0.1, -0.05) is 6.58 Å². The van der Waals surface area contributed by atoms with Crippen molar-refractivity contribution in [3.8, 4) is 0 Å². The zero-order chi connectivity index (χ0) is 10.4. The van der Waals surface area contributed by atoms with E-state index in [0.717, 1.165) is 0 Å². The molecular weight excluding hydrogens is 172 g/mol. The fourth-order valence-corrected chi connectivity index (χ4v) is 0.587. The van der Waals surface area contributed by atoms with E-state index in [1.165, 1.54) is 0 Å². The highest BCUT2D eigenvalue weighted by Gasteiger charge is 2.18. The van der Waals surface area contributed by atoms with Crippen LogP contribution in [0.2, 0.25) is 0 Å². The Morgan fingerprint density at radius 1 is 1.31 bits per heavy atom. The number of ether oxygens (including phenoxy) is 2. The van der Waals surface area contributed by atoms with Gasteiger partial charge in [-0.15, -0.1) is 0 Å². The highest BCUT2D eigenvalue weighted by molar-refractivity contribution is 6.13. The normalized spacial score (nSPS) is 9.54. The molecule has 0 aliphatic rings. The number of rotatable bonds is 4. The summed E-state index contributed by atoms with van der Waals surface area (Å²) >= 11 is 0. The number of esters is 2. The van der Waals surface area contributed by atoms with Crippen LogP contribution in [0.15, 0.2) is 12.2 Å². The largest absolute Gasteiger partial charge is 0.462 e. The molecule has 0 saturated heterocycles. The smallest absolute Gasteiger partial charge is 0.345 e. The highest BCUT2D eigenvalue weighted by atomic mass is 16.6. The van der Waals surface area contributed by atoms with E-state index in [-0.39, 0.29) is 18.3 Å². The lowest BCUT2D eigenvalue weighted by Gasteiger charge is -2.08. The van der Waals surface area contributed by atoms with Gasteiger partial charge in [0.05, 0.1) is 12.7 Å². The fraction of sp³-hybridized carbons (Fsp3) is 0.556. The van der Waals surface area contributed by atoms with Crippen molar-refractivity contribution in [2.75, 3.05) is 6.61 Å². The van der Waals surface area contributed by atoms with Crippen LogP contribution in [0.5, 0.6) is 0 Å². The molecule has 13 heavy (non-hydrogen) atoms. The zero-order valence-corrected chi connectivity index (χ0v) is 8.12. The molecule has 0 spiro atoms. The van der Waals surface area contributed by atoms with Crippen molar-refractivity contribution in [2.45, 2.75) is 26.9 Å². The van der Waals surface area contributed by atoms with E-state index in [4.69, 9.17) is 4.74 Å². The number of hydrogen-bond acceptors (Lipinski definition) is 4. The SMILES string of the molecule is C=C(C(=O)OCC)C(=O)OC(C)C. The van der Waals surface area contributed by atoms with Crippen LogP contribution in [0.1, 0.15) is 20.8 Å². The summed E-state index contributed by atoms with van der Waals surface area (Å²) in [5.41, 5.74) is -0.268. The van der Waals surface area contributed by atoms with Crippen LogP contribution in [0, 0.1) is 0 Å². The van der Waals surface area contributed by atoms with Crippen molar-refractivity contribution in [1.29, 1.82) is 0 Å². The van der Waals surface area contributed by atoms with Crippen molar-refractivity contribution in [1.82, 2.24) is 0 Å². The van der Waals surface area contributed by atoms with Crippen LogP contribution in [0.25, 0.3) is 0 Å². The van der Waals surface area contributed by atoms with Crippen molar-refractivity contribution >= 4 is 11.9 Å². The van der Waals surface area contributed by atoms with Crippen LogP contribution in [0.3, 0.4) is 0 Å². The first kappa shape index (κ1) is 11.7. The topological polar surface area (TPSA) is 52.6 Å². The van der Waals surface area contributed by atoms with Gasteiger partial charge in [0, 0.05) is 0 Å². The summed E-state index contributed by atoms with van der Waals surface area (Å²) in [5.74, 6) is -1.46. The molecule has 0 aliphatic heterocycles. The Bertz CT molecular complexity index is 218. The van der Waals surface area contributed by atoms with Gasteiger partial charge in [-0.3, -0.25) is 0 Å². The molecule has 4 nitrogen and oxygen atoms in total. The summed E-state index contributed by atoms with van der Waals surface area (Å²) in [5, 5.41) is 0. The second kappa shape index (κ2) is 5.35. The molecule has 0 aromatic rings. The van der Waals surface area contributed by atoms with Crippen LogP contribution in [0.4, 0.5) is 0 Å². The minimum absolute atomic E-state index is 0.215. The van der Waals surface area contributed by atoms with E-state index in [2.05, 4.69) is 11.3 Å². The first-order valence-corrected chi connectivity index (χ1v) is 4.06. The van der Waals surface area contributed by atoms with Crippen molar-refractivity contribution in [3.05, 3.63) is 12.2 Å². The Morgan fingerprint density at radius 3 is 2.23 bits per heavy atom. The predicted molar refractivity (Wildman–Crippen MR) is 47.0 cm³/mol. The van der Waals surface area contributed by atoms with Crippen molar-refractivity contribution in [3.63, 3.8) is 0 Å². The van der Waals surface area contributed by atoms with Gasteiger partial charge in [0.1, 0.15) is 5.57 Å². The summed E-state index contributed by atoms with van der Waals surface area (Å²) in [4.78, 5) is 22.0. The number of carbonyl (C=O) groups excluding carboxylic acids is 2. The van der Waals surface area contributed by atoms with Gasteiger partial charge in [-0.25, -0.2) is 9.59 Å². The first-order chi connectivity index (χ1) is 5.99. The van der Waals surface area contributed by atoms with Gasteiger partial charge in [-0.05, 0) is 20.8 Å². The van der Waals surface area contributed by atoms with Gasteiger partial charge in [0.25, 0.3) is 0 Å². The van der Waals surface area contributed by atoms with Gasteiger partial charge in [0.15, 0.2) is 0 Å². The second-order valence-electron chi connectivity index (χ2n) is 2.65. The van der Waals surface area contributed by atoms with E-state index in [9.17, 15) is 9.59 Å². The maximum atomic E-state index is 11.0. The molecule has 0 aromatic carbocycles. The maximum absolute atomic E-state index is 11.0. The zero-order valence-electron chi connectivity index (χ0n) is 8.12. The lowest BCUT2D eigenvalue weighted by molar-refractivity contribution is -0.148. The van der Waals surface area contributed by atoms with E-state index in [1.54, 1.807) is 20.8 Å². The quantitative estimate of drug-likeness (QED) is 0.285. The van der Waals surface area contributed by atoms with Crippen LogP contribution < -0.4 is 0 Å². The average Bonchev–Trinajstić information content (AvgIpc) is 2.02. The van der Waals surface area contributed by atoms with Gasteiger partial charge in [-0.2, -0.15) is 0 Å². The molecule has 0 atom stereocenters. The highest BCUT2D eigenvalue weighted by Crippen LogP contribution is 2.01. The molecule has 0 fully saturated rings. The Hall–Kier alpha value is -1.32. The van der Waals surface area contributed by atoms with Crippen molar-refractivity contribution < 1.29 is 19.1 Å². The molecule has 4 heteroatoms. The Labute approximate surface area is 77.5 Å². The average molecular weight is 186 g/mol. The van der Waals surface area contributed by atoms with E-state index in [0.29, 0.717) is 0 Å². The Kier molecular flexibility index (Phi) is 4.80. The molecule has 74 valence electrons. The monoisotopic (exact) mass is 186 g/mol. The van der Waals surface area contributed by atoms with Crippen LogP contribution in [-0.2, 0) is 19.1 Å². The van der Waals surface area contributed by atoms with Gasteiger partial charge < -0.3 is 9.47 Å². The lowest BCUT2D eigenvalue weighted by atomic mass is 10.3. The van der Waals surface area contributed by atoms with E-state index in [1.807, 2.05) is 0 Å². The minimum Gasteiger partial charge on any atom is -0.462 e. The minimum atomic E-state index is -0.729. The second-order valence-corrected chi connectivity index (χ2v) is 2.65. The van der Waals surface area contributed by atoms with Crippen LogP contribution in [-0.4, -0.2) is 24.6 Å².